The van der Waals surface area contributed by atoms with Gasteiger partial charge in [0.2, 0.25) is 0 Å². The molecule has 8 aromatic carbocycles. The molecule has 0 saturated carbocycles. The molecule has 0 aliphatic carbocycles. The van der Waals surface area contributed by atoms with Gasteiger partial charge >= 0.3 is 0 Å². The minimum absolute atomic E-state index is 0.627. The van der Waals surface area contributed by atoms with Crippen LogP contribution in [0.1, 0.15) is 5.56 Å². The van der Waals surface area contributed by atoms with Gasteiger partial charge in [-0.15, -0.1) is 0 Å². The summed E-state index contributed by atoms with van der Waals surface area (Å²) in [6.07, 6.45) is 0. The van der Waals surface area contributed by atoms with Gasteiger partial charge in [0.15, 0.2) is 11.6 Å². The van der Waals surface area contributed by atoms with Crippen LogP contribution in [-0.4, -0.2) is 19.9 Å². The minimum atomic E-state index is 0.627. The maximum Gasteiger partial charge on any atom is 0.160 e. The van der Waals surface area contributed by atoms with Gasteiger partial charge in [-0.25, -0.2) is 19.9 Å². The van der Waals surface area contributed by atoms with Crippen molar-refractivity contribution >= 4 is 21.8 Å². The molecule has 58 heavy (non-hydrogen) atoms. The quantitative estimate of drug-likeness (QED) is 0.163. The van der Waals surface area contributed by atoms with Crippen molar-refractivity contribution in [1.82, 2.24) is 19.9 Å². The van der Waals surface area contributed by atoms with Crippen molar-refractivity contribution in [2.24, 2.45) is 0 Å². The number of rotatable bonds is 7. The smallest absolute Gasteiger partial charge is 0.160 e. The van der Waals surface area contributed by atoms with Crippen molar-refractivity contribution in [3.8, 4) is 84.7 Å². The third kappa shape index (κ3) is 6.55. The van der Waals surface area contributed by atoms with Gasteiger partial charge in [-0.1, -0.05) is 158 Å². The normalized spacial score (nSPS) is 11.1. The van der Waals surface area contributed by atoms with E-state index in [0.717, 1.165) is 88.8 Å². The molecule has 0 fully saturated rings. The molecule has 5 nitrogen and oxygen atoms in total. The first-order valence-corrected chi connectivity index (χ1v) is 19.2. The first-order chi connectivity index (χ1) is 28.7. The molecule has 0 unspecified atom stereocenters. The fourth-order valence-corrected chi connectivity index (χ4v) is 7.65. The molecule has 0 spiro atoms. The highest BCUT2D eigenvalue weighted by molar-refractivity contribution is 5.96. The molecule has 10 aromatic rings. The van der Waals surface area contributed by atoms with Crippen molar-refractivity contribution in [3.63, 3.8) is 0 Å². The van der Waals surface area contributed by atoms with Crippen LogP contribution >= 0.6 is 0 Å². The second kappa shape index (κ2) is 14.9. The second-order valence-electron chi connectivity index (χ2n) is 14.2. The van der Waals surface area contributed by atoms with Crippen LogP contribution in [0.15, 0.2) is 200 Å². The zero-order chi connectivity index (χ0) is 38.8. The van der Waals surface area contributed by atoms with Crippen molar-refractivity contribution < 1.29 is 0 Å². The topological polar surface area (TPSA) is 75.3 Å². The van der Waals surface area contributed by atoms with Gasteiger partial charge in [0.25, 0.3) is 0 Å². The first-order valence-electron chi connectivity index (χ1n) is 19.2. The standard InChI is InChI=1S/C53H33N5/c54-34-35-25-27-36(28-26-35)39-29-30-44(40-17-11-19-42(31-40)52-55-48-23-9-7-21-45(48)50(57-52)37-13-3-1-4-14-37)47(33-39)41-18-12-20-43(32-41)53-56-49-24-10-8-22-46(49)51(58-53)38-15-5-2-6-16-38/h1-33H. The molecule has 0 bridgehead atoms. The zero-order valence-electron chi connectivity index (χ0n) is 31.3. The molecule has 0 aliphatic rings. The van der Waals surface area contributed by atoms with E-state index in [0.29, 0.717) is 17.2 Å². The number of nitrogens with zero attached hydrogens (tertiary/aromatic N) is 5. The van der Waals surface area contributed by atoms with Crippen LogP contribution < -0.4 is 0 Å². The maximum atomic E-state index is 9.48. The zero-order valence-corrected chi connectivity index (χ0v) is 31.3. The van der Waals surface area contributed by atoms with E-state index in [1.54, 1.807) is 0 Å². The van der Waals surface area contributed by atoms with Crippen LogP contribution in [0.2, 0.25) is 0 Å². The number of para-hydroxylation sites is 2. The predicted octanol–water partition coefficient (Wildman–Crippen LogP) is 13.1. The van der Waals surface area contributed by atoms with Crippen molar-refractivity contribution in [2.75, 3.05) is 0 Å². The van der Waals surface area contributed by atoms with Crippen molar-refractivity contribution in [3.05, 3.63) is 206 Å². The lowest BCUT2D eigenvalue weighted by molar-refractivity contribution is 1.23. The summed E-state index contributed by atoms with van der Waals surface area (Å²) >= 11 is 0. The fraction of sp³-hybridized carbons (Fsp3) is 0. The van der Waals surface area contributed by atoms with Gasteiger partial charge in [-0.3, -0.25) is 0 Å². The third-order valence-corrected chi connectivity index (χ3v) is 10.5. The van der Waals surface area contributed by atoms with Crippen LogP contribution in [-0.2, 0) is 0 Å². The van der Waals surface area contributed by atoms with Crippen molar-refractivity contribution in [2.45, 2.75) is 0 Å². The highest BCUT2D eigenvalue weighted by atomic mass is 14.9. The summed E-state index contributed by atoms with van der Waals surface area (Å²) in [5, 5.41) is 11.5. The lowest BCUT2D eigenvalue weighted by Gasteiger charge is -2.16. The van der Waals surface area contributed by atoms with Gasteiger partial charge < -0.3 is 0 Å². The predicted molar refractivity (Wildman–Crippen MR) is 235 cm³/mol. The molecular weight excluding hydrogens is 707 g/mol. The Bertz CT molecular complexity index is 3170. The summed E-state index contributed by atoms with van der Waals surface area (Å²) in [4.78, 5) is 20.5. The van der Waals surface area contributed by atoms with Gasteiger partial charge in [0.05, 0.1) is 34.1 Å². The molecule has 0 amide bonds. The van der Waals surface area contributed by atoms with Gasteiger partial charge in [0.1, 0.15) is 0 Å². The highest BCUT2D eigenvalue weighted by Crippen LogP contribution is 2.39. The van der Waals surface area contributed by atoms with E-state index < -0.39 is 0 Å². The number of hydrogen-bond donors (Lipinski definition) is 0. The summed E-state index contributed by atoms with van der Waals surface area (Å²) in [7, 11) is 0. The summed E-state index contributed by atoms with van der Waals surface area (Å²) in [5.74, 6) is 1.33. The average molecular weight is 740 g/mol. The van der Waals surface area contributed by atoms with Crippen LogP contribution in [0.25, 0.3) is 100 Å². The third-order valence-electron chi connectivity index (χ3n) is 10.5. The summed E-state index contributed by atoms with van der Waals surface area (Å²) in [6.45, 7) is 0. The Hall–Kier alpha value is -8.07. The molecule has 0 aliphatic heterocycles. The maximum absolute atomic E-state index is 9.48. The fourth-order valence-electron chi connectivity index (χ4n) is 7.65. The van der Waals surface area contributed by atoms with Gasteiger partial charge in [-0.05, 0) is 75.8 Å². The van der Waals surface area contributed by atoms with Crippen LogP contribution in [0.4, 0.5) is 0 Å². The first kappa shape index (κ1) is 34.4. The van der Waals surface area contributed by atoms with Gasteiger partial charge in [-0.2, -0.15) is 5.26 Å². The lowest BCUT2D eigenvalue weighted by Crippen LogP contribution is -1.96. The van der Waals surface area contributed by atoms with E-state index in [2.05, 4.69) is 109 Å². The average Bonchev–Trinajstić information content (AvgIpc) is 3.31. The van der Waals surface area contributed by atoms with Crippen LogP contribution in [0.3, 0.4) is 0 Å². The number of aromatic nitrogens is 4. The summed E-state index contributed by atoms with van der Waals surface area (Å²) in [5.41, 5.74) is 14.4. The van der Waals surface area contributed by atoms with Crippen LogP contribution in [0.5, 0.6) is 0 Å². The Morgan fingerprint density at radius 1 is 0.310 bits per heavy atom. The summed E-state index contributed by atoms with van der Waals surface area (Å²) in [6, 6.07) is 70.4. The highest BCUT2D eigenvalue weighted by Gasteiger charge is 2.17. The molecule has 270 valence electrons. The van der Waals surface area contributed by atoms with Gasteiger partial charge in [0, 0.05) is 33.0 Å². The molecular formula is C53H33N5. The largest absolute Gasteiger partial charge is 0.228 e. The Labute approximate surface area is 336 Å². The van der Waals surface area contributed by atoms with E-state index in [1.165, 1.54) is 0 Å². The van der Waals surface area contributed by atoms with Crippen molar-refractivity contribution in [1.29, 1.82) is 5.26 Å². The van der Waals surface area contributed by atoms with E-state index in [1.807, 2.05) is 97.1 Å². The van der Waals surface area contributed by atoms with E-state index in [4.69, 9.17) is 19.9 Å². The number of hydrogen-bond acceptors (Lipinski definition) is 5. The molecule has 0 radical (unpaired) electrons. The molecule has 0 N–H and O–H groups in total. The Kier molecular flexibility index (Phi) is 8.83. The lowest BCUT2D eigenvalue weighted by atomic mass is 9.89. The SMILES string of the molecule is N#Cc1ccc(-c2ccc(-c3cccc(-c4nc(-c5ccccc5)c5ccccc5n4)c3)c(-c3cccc(-c4nc(-c5ccccc5)c5ccccc5n4)c3)c2)cc1. The summed E-state index contributed by atoms with van der Waals surface area (Å²) < 4.78 is 0. The molecule has 10 rings (SSSR count). The Morgan fingerprint density at radius 3 is 1.29 bits per heavy atom. The van der Waals surface area contributed by atoms with E-state index in [-0.39, 0.29) is 0 Å². The Morgan fingerprint density at radius 2 is 0.759 bits per heavy atom. The second-order valence-corrected chi connectivity index (χ2v) is 14.2. The number of fused-ring (bicyclic) bond motifs is 2. The van der Waals surface area contributed by atoms with E-state index >= 15 is 0 Å². The van der Waals surface area contributed by atoms with E-state index in [9.17, 15) is 5.26 Å². The molecule has 2 heterocycles. The minimum Gasteiger partial charge on any atom is -0.228 e. The number of nitriles is 1. The molecule has 0 atom stereocenters. The molecule has 2 aromatic heterocycles. The Balaban J connectivity index is 1.13. The van der Waals surface area contributed by atoms with Crippen LogP contribution in [0, 0.1) is 11.3 Å². The monoisotopic (exact) mass is 739 g/mol. The number of benzene rings is 8. The molecule has 0 saturated heterocycles. The molecule has 5 heteroatoms.